The summed E-state index contributed by atoms with van der Waals surface area (Å²) in [7, 11) is 0. The van der Waals surface area contributed by atoms with Gasteiger partial charge < -0.3 is 15.2 Å². The molecule has 11 heavy (non-hydrogen) atoms. The van der Waals surface area contributed by atoms with E-state index in [0.29, 0.717) is 13.0 Å². The molecule has 5 nitrogen and oxygen atoms in total. The molecule has 0 amide bonds. The summed E-state index contributed by atoms with van der Waals surface area (Å²) in [4.78, 5) is 12.0. The molecule has 1 aliphatic rings. The average Bonchev–Trinajstić information content (AvgIpc) is 2.36. The minimum absolute atomic E-state index is 0.508. The Morgan fingerprint density at radius 2 is 2.45 bits per heavy atom. The highest BCUT2D eigenvalue weighted by atomic mass is 16.4. The minimum Gasteiger partial charge on any atom is -0.480 e. The molecule has 0 aromatic rings. The normalized spacial score (nSPS) is 24.7. The van der Waals surface area contributed by atoms with E-state index in [1.165, 1.54) is 4.90 Å². The Labute approximate surface area is 63.9 Å². The second kappa shape index (κ2) is 3.23. The molecular formula is C6H10N2O3. The van der Waals surface area contributed by atoms with E-state index in [4.69, 9.17) is 10.3 Å². The maximum absolute atomic E-state index is 10.5. The second-order valence-corrected chi connectivity index (χ2v) is 2.47. The summed E-state index contributed by atoms with van der Waals surface area (Å²) in [6.07, 6.45) is 2.62. The Balaban J connectivity index is 2.57. The topological polar surface area (TPSA) is 73.1 Å². The zero-order chi connectivity index (χ0) is 8.27. The Kier molecular flexibility index (Phi) is 2.30. The zero-order valence-electron chi connectivity index (χ0n) is 5.97. The third-order valence-corrected chi connectivity index (χ3v) is 1.78. The van der Waals surface area contributed by atoms with Gasteiger partial charge in [-0.25, -0.2) is 4.79 Å². The van der Waals surface area contributed by atoms with Gasteiger partial charge in [0.05, 0.1) is 0 Å². The number of nitrogens with zero attached hydrogens (tertiary/aromatic N) is 2. The summed E-state index contributed by atoms with van der Waals surface area (Å²) in [5, 5.41) is 19.6. The summed E-state index contributed by atoms with van der Waals surface area (Å²) < 4.78 is 0. The molecule has 1 saturated heterocycles. The van der Waals surface area contributed by atoms with Crippen molar-refractivity contribution >= 4 is 12.3 Å². The molecule has 0 aromatic heterocycles. The van der Waals surface area contributed by atoms with Crippen LogP contribution in [0, 0.1) is 0 Å². The van der Waals surface area contributed by atoms with Gasteiger partial charge >= 0.3 is 5.97 Å². The Hall–Kier alpha value is -1.26. The first kappa shape index (κ1) is 7.84. The number of carbonyl (C=O) groups is 1. The first-order valence-corrected chi connectivity index (χ1v) is 3.42. The molecule has 0 spiro atoms. The zero-order valence-corrected chi connectivity index (χ0v) is 5.97. The predicted molar refractivity (Wildman–Crippen MR) is 37.6 cm³/mol. The number of oxime groups is 1. The van der Waals surface area contributed by atoms with Gasteiger partial charge in [-0.2, -0.15) is 0 Å². The van der Waals surface area contributed by atoms with Crippen molar-refractivity contribution in [2.24, 2.45) is 5.16 Å². The van der Waals surface area contributed by atoms with Crippen molar-refractivity contribution < 1.29 is 15.1 Å². The SMILES string of the molecule is O=C(O)[C@@H]1CCCN1C=NO. The number of aliphatic carboxylic acids is 1. The van der Waals surface area contributed by atoms with Crippen LogP contribution in [0.2, 0.25) is 0 Å². The molecule has 1 atom stereocenters. The van der Waals surface area contributed by atoms with Crippen molar-refractivity contribution in [3.63, 3.8) is 0 Å². The lowest BCUT2D eigenvalue weighted by Crippen LogP contribution is -2.34. The van der Waals surface area contributed by atoms with Crippen LogP contribution < -0.4 is 0 Å². The van der Waals surface area contributed by atoms with Crippen LogP contribution in [0.5, 0.6) is 0 Å². The van der Waals surface area contributed by atoms with Crippen LogP contribution in [0.3, 0.4) is 0 Å². The van der Waals surface area contributed by atoms with Crippen molar-refractivity contribution in [2.45, 2.75) is 18.9 Å². The van der Waals surface area contributed by atoms with E-state index in [1.807, 2.05) is 0 Å². The molecule has 1 rings (SSSR count). The van der Waals surface area contributed by atoms with E-state index < -0.39 is 12.0 Å². The summed E-state index contributed by atoms with van der Waals surface area (Å²) in [6.45, 7) is 0.654. The Morgan fingerprint density at radius 3 is 3.00 bits per heavy atom. The maximum atomic E-state index is 10.5. The van der Waals surface area contributed by atoms with Crippen molar-refractivity contribution in [1.29, 1.82) is 0 Å². The van der Waals surface area contributed by atoms with Crippen LogP contribution in [-0.4, -0.2) is 40.1 Å². The maximum Gasteiger partial charge on any atom is 0.326 e. The Morgan fingerprint density at radius 1 is 1.73 bits per heavy atom. The summed E-state index contributed by atoms with van der Waals surface area (Å²) >= 11 is 0. The smallest absolute Gasteiger partial charge is 0.326 e. The monoisotopic (exact) mass is 158 g/mol. The largest absolute Gasteiger partial charge is 0.480 e. The average molecular weight is 158 g/mol. The highest BCUT2D eigenvalue weighted by molar-refractivity contribution is 5.77. The van der Waals surface area contributed by atoms with E-state index in [-0.39, 0.29) is 0 Å². The van der Waals surface area contributed by atoms with Gasteiger partial charge in [0.2, 0.25) is 0 Å². The van der Waals surface area contributed by atoms with E-state index in [2.05, 4.69) is 5.16 Å². The van der Waals surface area contributed by atoms with Crippen molar-refractivity contribution in [3.8, 4) is 0 Å². The molecule has 0 aliphatic carbocycles. The number of rotatable bonds is 2. The minimum atomic E-state index is -0.859. The van der Waals surface area contributed by atoms with Crippen molar-refractivity contribution in [2.75, 3.05) is 6.54 Å². The molecule has 62 valence electrons. The fourth-order valence-corrected chi connectivity index (χ4v) is 1.26. The number of hydrogen-bond acceptors (Lipinski definition) is 3. The van der Waals surface area contributed by atoms with Gasteiger partial charge in [-0.15, -0.1) is 0 Å². The van der Waals surface area contributed by atoms with Gasteiger partial charge in [0.25, 0.3) is 0 Å². The van der Waals surface area contributed by atoms with E-state index >= 15 is 0 Å². The van der Waals surface area contributed by atoms with Gasteiger partial charge in [0, 0.05) is 6.54 Å². The lowest BCUT2D eigenvalue weighted by Gasteiger charge is -2.15. The fourth-order valence-electron chi connectivity index (χ4n) is 1.26. The molecule has 2 N–H and O–H groups in total. The molecule has 0 radical (unpaired) electrons. The van der Waals surface area contributed by atoms with Gasteiger partial charge in [0.15, 0.2) is 0 Å². The lowest BCUT2D eigenvalue weighted by molar-refractivity contribution is -0.140. The predicted octanol–water partition coefficient (Wildman–Crippen LogP) is -0.0471. The number of hydrogen-bond donors (Lipinski definition) is 2. The third-order valence-electron chi connectivity index (χ3n) is 1.78. The van der Waals surface area contributed by atoms with E-state index in [9.17, 15) is 4.79 Å². The van der Waals surface area contributed by atoms with E-state index in [0.717, 1.165) is 12.8 Å². The Bertz CT molecular complexity index is 181. The highest BCUT2D eigenvalue weighted by Crippen LogP contribution is 2.14. The number of likely N-dealkylation sites (tertiary alicyclic amines) is 1. The van der Waals surface area contributed by atoms with Gasteiger partial charge in [-0.3, -0.25) is 0 Å². The summed E-state index contributed by atoms with van der Waals surface area (Å²) in [5.41, 5.74) is 0. The first-order chi connectivity index (χ1) is 5.25. The molecular weight excluding hydrogens is 148 g/mol. The fraction of sp³-hybridized carbons (Fsp3) is 0.667. The van der Waals surface area contributed by atoms with Crippen molar-refractivity contribution in [1.82, 2.24) is 4.90 Å². The quantitative estimate of drug-likeness (QED) is 0.256. The van der Waals surface area contributed by atoms with Crippen LogP contribution in [0.4, 0.5) is 0 Å². The molecule has 0 bridgehead atoms. The van der Waals surface area contributed by atoms with Crippen LogP contribution in [0.25, 0.3) is 0 Å². The molecule has 0 aromatic carbocycles. The summed E-state index contributed by atoms with van der Waals surface area (Å²) in [6, 6.07) is -0.508. The van der Waals surface area contributed by atoms with Crippen LogP contribution in [-0.2, 0) is 4.79 Å². The molecule has 5 heteroatoms. The van der Waals surface area contributed by atoms with Crippen LogP contribution in [0.15, 0.2) is 5.16 Å². The van der Waals surface area contributed by atoms with Crippen molar-refractivity contribution in [3.05, 3.63) is 0 Å². The van der Waals surface area contributed by atoms with Crippen LogP contribution in [0.1, 0.15) is 12.8 Å². The van der Waals surface area contributed by atoms with E-state index in [1.54, 1.807) is 0 Å². The lowest BCUT2D eigenvalue weighted by atomic mass is 10.2. The van der Waals surface area contributed by atoms with Crippen LogP contribution >= 0.6 is 0 Å². The second-order valence-electron chi connectivity index (χ2n) is 2.47. The molecule has 0 unspecified atom stereocenters. The standard InChI is InChI=1S/C6H10N2O3/c9-6(10)5-2-1-3-8(5)4-7-11/h4-5,11H,1-3H2,(H,9,10)/t5-/m0/s1. The van der Waals surface area contributed by atoms with Gasteiger partial charge in [-0.1, -0.05) is 5.16 Å². The molecule has 0 saturated carbocycles. The first-order valence-electron chi connectivity index (χ1n) is 3.42. The van der Waals surface area contributed by atoms with Gasteiger partial charge in [-0.05, 0) is 12.8 Å². The number of carboxylic acid groups (broad SMARTS) is 1. The summed E-state index contributed by atoms with van der Waals surface area (Å²) in [5.74, 6) is -0.859. The number of carboxylic acids is 1. The van der Waals surface area contributed by atoms with Gasteiger partial charge in [0.1, 0.15) is 12.4 Å². The molecule has 1 fully saturated rings. The molecule has 1 aliphatic heterocycles. The molecule has 1 heterocycles. The highest BCUT2D eigenvalue weighted by Gasteiger charge is 2.28. The third kappa shape index (κ3) is 1.60.